The molecule has 0 saturated carbocycles. The Hall–Kier alpha value is -2.04. The van der Waals surface area contributed by atoms with Crippen molar-refractivity contribution in [1.82, 2.24) is 0 Å². The van der Waals surface area contributed by atoms with E-state index in [-0.39, 0.29) is 12.3 Å². The molecule has 0 bridgehead atoms. The van der Waals surface area contributed by atoms with E-state index in [1.54, 1.807) is 18.2 Å². The number of nitrogens with one attached hydrogen (secondary N) is 1. The van der Waals surface area contributed by atoms with Crippen LogP contribution in [0.1, 0.15) is 32.6 Å². The minimum Gasteiger partial charge on any atom is -0.495 e. The van der Waals surface area contributed by atoms with Gasteiger partial charge in [-0.15, -0.1) is 0 Å². The molecule has 0 aliphatic rings. The highest BCUT2D eigenvalue weighted by molar-refractivity contribution is 5.92. The van der Waals surface area contributed by atoms with Gasteiger partial charge in [0.15, 0.2) is 0 Å². The van der Waals surface area contributed by atoms with Gasteiger partial charge in [0.1, 0.15) is 5.75 Å². The Balaban J connectivity index is 2.53. The van der Waals surface area contributed by atoms with Gasteiger partial charge in [-0.25, -0.2) is 0 Å². The van der Waals surface area contributed by atoms with Crippen LogP contribution in [0.15, 0.2) is 24.3 Å². The van der Waals surface area contributed by atoms with Crippen molar-refractivity contribution in [2.45, 2.75) is 32.6 Å². The van der Waals surface area contributed by atoms with Gasteiger partial charge in [-0.05, 0) is 25.0 Å². The smallest absolute Gasteiger partial charge is 0.306 e. The van der Waals surface area contributed by atoms with E-state index < -0.39 is 11.9 Å². The summed E-state index contributed by atoms with van der Waals surface area (Å²) in [6.07, 6.45) is 1.93. The number of anilines is 1. The monoisotopic (exact) mass is 279 g/mol. The normalized spacial score (nSPS) is 11.7. The molecule has 0 aliphatic carbocycles. The third kappa shape index (κ3) is 4.91. The quantitative estimate of drug-likeness (QED) is 0.767. The van der Waals surface area contributed by atoms with Crippen LogP contribution < -0.4 is 10.1 Å². The molecule has 2 N–H and O–H groups in total. The second kappa shape index (κ2) is 8.19. The summed E-state index contributed by atoms with van der Waals surface area (Å²) < 4.78 is 5.14. The molecule has 1 aromatic carbocycles. The predicted octanol–water partition coefficient (Wildman–Crippen LogP) is 2.91. The number of methoxy groups -OCH3 is 1. The number of carbonyl (C=O) groups excluding carboxylic acids is 1. The predicted molar refractivity (Wildman–Crippen MR) is 76.9 cm³/mol. The van der Waals surface area contributed by atoms with Crippen LogP contribution in [0.25, 0.3) is 0 Å². The number of amides is 1. The summed E-state index contributed by atoms with van der Waals surface area (Å²) in [6, 6.07) is 7.12. The second-order valence-electron chi connectivity index (χ2n) is 4.61. The first-order chi connectivity index (χ1) is 9.58. The summed E-state index contributed by atoms with van der Waals surface area (Å²) >= 11 is 0. The van der Waals surface area contributed by atoms with Crippen molar-refractivity contribution in [2.75, 3.05) is 12.4 Å². The van der Waals surface area contributed by atoms with E-state index in [2.05, 4.69) is 5.32 Å². The van der Waals surface area contributed by atoms with E-state index in [1.807, 2.05) is 13.0 Å². The highest BCUT2D eigenvalue weighted by atomic mass is 16.5. The fourth-order valence-corrected chi connectivity index (χ4v) is 2.01. The summed E-state index contributed by atoms with van der Waals surface area (Å²) in [5.41, 5.74) is 0.599. The Morgan fingerprint density at radius 1 is 1.30 bits per heavy atom. The maximum atomic E-state index is 11.9. The maximum Gasteiger partial charge on any atom is 0.306 e. The molecule has 1 rings (SSSR count). The average molecular weight is 279 g/mol. The number of hydrogen-bond donors (Lipinski definition) is 2. The first-order valence-corrected chi connectivity index (χ1v) is 6.74. The van der Waals surface area contributed by atoms with Gasteiger partial charge >= 0.3 is 5.97 Å². The van der Waals surface area contributed by atoms with Crippen molar-refractivity contribution in [1.29, 1.82) is 0 Å². The number of carboxylic acids is 1. The van der Waals surface area contributed by atoms with E-state index in [0.717, 1.165) is 6.42 Å². The lowest BCUT2D eigenvalue weighted by molar-refractivity contribution is -0.142. The Morgan fingerprint density at radius 2 is 2.00 bits per heavy atom. The van der Waals surface area contributed by atoms with Crippen LogP contribution in [0.3, 0.4) is 0 Å². The zero-order valence-electron chi connectivity index (χ0n) is 11.9. The molecule has 5 nitrogen and oxygen atoms in total. The second-order valence-corrected chi connectivity index (χ2v) is 4.61. The molecule has 0 heterocycles. The van der Waals surface area contributed by atoms with Gasteiger partial charge in [0.05, 0.1) is 18.7 Å². The third-order valence-corrected chi connectivity index (χ3v) is 3.09. The number of benzene rings is 1. The van der Waals surface area contributed by atoms with E-state index in [1.165, 1.54) is 7.11 Å². The molecule has 0 fully saturated rings. The first kappa shape index (κ1) is 16.0. The van der Waals surface area contributed by atoms with Crippen LogP contribution >= 0.6 is 0 Å². The number of para-hydroxylation sites is 2. The lowest BCUT2D eigenvalue weighted by atomic mass is 9.98. The fourth-order valence-electron chi connectivity index (χ4n) is 2.01. The van der Waals surface area contributed by atoms with Gasteiger partial charge in [-0.3, -0.25) is 9.59 Å². The molecular weight excluding hydrogens is 258 g/mol. The van der Waals surface area contributed by atoms with Crippen LogP contribution in [0.2, 0.25) is 0 Å². The van der Waals surface area contributed by atoms with Gasteiger partial charge in [0.2, 0.25) is 5.91 Å². The molecule has 1 atom stereocenters. The molecular formula is C15H21NO4. The number of carbonyl (C=O) groups is 2. The standard InChI is InChI=1S/C15H21NO4/c1-3-6-11(15(18)19)9-10-14(17)16-12-7-4-5-8-13(12)20-2/h4-5,7-8,11H,3,6,9-10H2,1-2H3,(H,16,17)(H,18,19)/t11-/m1/s1. The van der Waals surface area contributed by atoms with Crippen molar-refractivity contribution in [2.24, 2.45) is 5.92 Å². The summed E-state index contributed by atoms with van der Waals surface area (Å²) in [4.78, 5) is 22.9. The molecule has 0 saturated heterocycles. The van der Waals surface area contributed by atoms with Crippen molar-refractivity contribution in [3.05, 3.63) is 24.3 Å². The van der Waals surface area contributed by atoms with Crippen molar-refractivity contribution in [3.8, 4) is 5.75 Å². The molecule has 0 radical (unpaired) electrons. The van der Waals surface area contributed by atoms with Crippen LogP contribution in [-0.2, 0) is 9.59 Å². The van der Waals surface area contributed by atoms with E-state index in [0.29, 0.717) is 24.3 Å². The molecule has 0 spiro atoms. The first-order valence-electron chi connectivity index (χ1n) is 6.74. The van der Waals surface area contributed by atoms with Crippen LogP contribution in [-0.4, -0.2) is 24.1 Å². The number of hydrogen-bond acceptors (Lipinski definition) is 3. The Morgan fingerprint density at radius 3 is 2.60 bits per heavy atom. The number of carboxylic acid groups (broad SMARTS) is 1. The third-order valence-electron chi connectivity index (χ3n) is 3.09. The minimum absolute atomic E-state index is 0.189. The average Bonchev–Trinajstić information content (AvgIpc) is 2.43. The Kier molecular flexibility index (Phi) is 6.56. The van der Waals surface area contributed by atoms with Crippen molar-refractivity contribution in [3.63, 3.8) is 0 Å². The largest absolute Gasteiger partial charge is 0.495 e. The van der Waals surface area contributed by atoms with Crippen molar-refractivity contribution >= 4 is 17.6 Å². The molecule has 0 aliphatic heterocycles. The molecule has 0 aromatic heterocycles. The van der Waals surface area contributed by atoms with Gasteiger partial charge in [0, 0.05) is 6.42 Å². The van der Waals surface area contributed by atoms with Crippen LogP contribution in [0, 0.1) is 5.92 Å². The molecule has 1 aromatic rings. The lowest BCUT2D eigenvalue weighted by Crippen LogP contribution is -2.18. The SMILES string of the molecule is CCC[C@H](CCC(=O)Nc1ccccc1OC)C(=O)O. The van der Waals surface area contributed by atoms with Gasteiger partial charge in [-0.2, -0.15) is 0 Å². The zero-order valence-corrected chi connectivity index (χ0v) is 11.9. The molecule has 5 heteroatoms. The van der Waals surface area contributed by atoms with Crippen LogP contribution in [0.4, 0.5) is 5.69 Å². The fraction of sp³-hybridized carbons (Fsp3) is 0.467. The van der Waals surface area contributed by atoms with Gasteiger partial charge < -0.3 is 15.2 Å². The molecule has 0 unspecified atom stereocenters. The summed E-state index contributed by atoms with van der Waals surface area (Å²) in [7, 11) is 1.53. The lowest BCUT2D eigenvalue weighted by Gasteiger charge is -2.12. The van der Waals surface area contributed by atoms with Gasteiger partial charge in [0.25, 0.3) is 0 Å². The maximum absolute atomic E-state index is 11.9. The van der Waals surface area contributed by atoms with E-state index in [4.69, 9.17) is 9.84 Å². The van der Waals surface area contributed by atoms with Gasteiger partial charge in [-0.1, -0.05) is 25.5 Å². The zero-order chi connectivity index (χ0) is 15.0. The number of rotatable bonds is 8. The molecule has 20 heavy (non-hydrogen) atoms. The highest BCUT2D eigenvalue weighted by Crippen LogP contribution is 2.23. The molecule has 1 amide bonds. The Bertz CT molecular complexity index is 459. The minimum atomic E-state index is -0.836. The number of aliphatic carboxylic acids is 1. The topological polar surface area (TPSA) is 75.6 Å². The van der Waals surface area contributed by atoms with Crippen LogP contribution in [0.5, 0.6) is 5.75 Å². The van der Waals surface area contributed by atoms with E-state index >= 15 is 0 Å². The van der Waals surface area contributed by atoms with Crippen molar-refractivity contribution < 1.29 is 19.4 Å². The summed E-state index contributed by atoms with van der Waals surface area (Å²) in [6.45, 7) is 1.94. The number of ether oxygens (including phenoxy) is 1. The Labute approximate surface area is 118 Å². The molecule has 110 valence electrons. The highest BCUT2D eigenvalue weighted by Gasteiger charge is 2.18. The summed E-state index contributed by atoms with van der Waals surface area (Å²) in [5, 5.41) is 11.8. The summed E-state index contributed by atoms with van der Waals surface area (Å²) in [5.74, 6) is -0.901. The van der Waals surface area contributed by atoms with E-state index in [9.17, 15) is 9.59 Å².